The summed E-state index contributed by atoms with van der Waals surface area (Å²) in [4.78, 5) is 24.4. The third-order valence-corrected chi connectivity index (χ3v) is 2.58. The average molecular weight is 322 g/mol. The van der Waals surface area contributed by atoms with Crippen LogP contribution in [0.2, 0.25) is 0 Å². The summed E-state index contributed by atoms with van der Waals surface area (Å²) in [5, 5.41) is 0. The van der Waals surface area contributed by atoms with Crippen molar-refractivity contribution in [3.05, 3.63) is 12.3 Å². The van der Waals surface area contributed by atoms with Crippen LogP contribution in [0.25, 0.3) is 0 Å². The number of esters is 2. The van der Waals surface area contributed by atoms with Gasteiger partial charge < -0.3 is 26.5 Å². The molecule has 0 fully saturated rings. The molecule has 0 aromatic rings. The van der Waals surface area contributed by atoms with Gasteiger partial charge >= 0.3 is 11.9 Å². The first-order valence-electron chi connectivity index (χ1n) is 6.06. The topological polar surface area (TPSA) is 57.0 Å². The maximum absolute atomic E-state index is 11.8. The number of allylic oxidation sites excluding steroid dienone is 1. The zero-order chi connectivity index (χ0) is 12.7. The number of quaternary nitrogens is 1. The van der Waals surface area contributed by atoms with Crippen molar-refractivity contribution in [2.45, 2.75) is 32.7 Å². The maximum atomic E-state index is 11.8. The second-order valence-corrected chi connectivity index (χ2v) is 3.81. The van der Waals surface area contributed by atoms with E-state index >= 15 is 0 Å². The van der Waals surface area contributed by atoms with Gasteiger partial charge in [0, 0.05) is 6.42 Å². The molecule has 0 bridgehead atoms. The van der Waals surface area contributed by atoms with Gasteiger partial charge in [0.25, 0.3) is 6.04 Å². The SMILES string of the molecule is CCOC(=O)C(C(=O)OCC)[NH+]1C=CCCC1.[Br-]. The minimum Gasteiger partial charge on any atom is -1.00 e. The largest absolute Gasteiger partial charge is 1.00 e. The molecule has 0 aliphatic carbocycles. The second kappa shape index (κ2) is 9.10. The van der Waals surface area contributed by atoms with Gasteiger partial charge in [0.2, 0.25) is 0 Å². The number of carbonyl (C=O) groups excluding carboxylic acids is 2. The van der Waals surface area contributed by atoms with Crippen molar-refractivity contribution in [1.82, 2.24) is 0 Å². The Balaban J connectivity index is 0.00000289. The molecule has 0 amide bonds. The van der Waals surface area contributed by atoms with Gasteiger partial charge in [-0.15, -0.1) is 0 Å². The Hall–Kier alpha value is -0.880. The number of hydrogen-bond acceptors (Lipinski definition) is 4. The summed E-state index contributed by atoms with van der Waals surface area (Å²) in [5.74, 6) is -1.01. The molecule has 0 aromatic heterocycles. The van der Waals surface area contributed by atoms with E-state index in [2.05, 4.69) is 0 Å². The van der Waals surface area contributed by atoms with Gasteiger partial charge in [-0.1, -0.05) is 0 Å². The monoisotopic (exact) mass is 321 g/mol. The number of nitrogens with one attached hydrogen (secondary N) is 1. The first kappa shape index (κ1) is 17.1. The summed E-state index contributed by atoms with van der Waals surface area (Å²) in [6, 6.07) is -0.883. The Bertz CT molecular complexity index is 288. The van der Waals surface area contributed by atoms with Crippen LogP contribution >= 0.6 is 0 Å². The first-order valence-corrected chi connectivity index (χ1v) is 6.06. The zero-order valence-electron chi connectivity index (χ0n) is 10.8. The molecule has 18 heavy (non-hydrogen) atoms. The molecule has 104 valence electrons. The number of rotatable bonds is 5. The molecule has 1 heterocycles. The highest BCUT2D eigenvalue weighted by Crippen LogP contribution is 1.96. The standard InChI is InChI=1S/C12H19NO4.BrH/c1-3-16-11(14)10(12(15)17-4-2)13-8-6-5-7-9-13;/h6,8,10H,3-5,7,9H2,1-2H3;1H. The van der Waals surface area contributed by atoms with Crippen LogP contribution in [-0.2, 0) is 19.1 Å². The van der Waals surface area contributed by atoms with Crippen molar-refractivity contribution in [1.29, 1.82) is 0 Å². The van der Waals surface area contributed by atoms with Crippen molar-refractivity contribution in [2.75, 3.05) is 19.8 Å². The summed E-state index contributed by atoms with van der Waals surface area (Å²) < 4.78 is 9.86. The molecule has 1 rings (SSSR count). The highest BCUT2D eigenvalue weighted by Gasteiger charge is 2.39. The Labute approximate surface area is 118 Å². The molecule has 0 saturated carbocycles. The second-order valence-electron chi connectivity index (χ2n) is 3.81. The molecule has 0 spiro atoms. The normalized spacial score (nSPS) is 18.1. The van der Waals surface area contributed by atoms with Gasteiger partial charge in [0.1, 0.15) is 0 Å². The molecule has 1 unspecified atom stereocenters. The molecular formula is C12H20BrNO4. The van der Waals surface area contributed by atoms with Gasteiger partial charge in [-0.2, -0.15) is 0 Å². The lowest BCUT2D eigenvalue weighted by Gasteiger charge is -2.24. The van der Waals surface area contributed by atoms with Crippen LogP contribution < -0.4 is 21.9 Å². The molecule has 1 aliphatic rings. The highest BCUT2D eigenvalue weighted by atomic mass is 79.9. The Kier molecular flexibility index (Phi) is 8.66. The van der Waals surface area contributed by atoms with E-state index < -0.39 is 18.0 Å². The third-order valence-electron chi connectivity index (χ3n) is 2.58. The number of hydrogen-bond donors (Lipinski definition) is 1. The quantitative estimate of drug-likeness (QED) is 0.425. The predicted octanol–water partition coefficient (Wildman–Crippen LogP) is -3.32. The molecule has 6 heteroatoms. The smallest absolute Gasteiger partial charge is 0.377 e. The summed E-state index contributed by atoms with van der Waals surface area (Å²) >= 11 is 0. The van der Waals surface area contributed by atoms with Crippen LogP contribution in [0.3, 0.4) is 0 Å². The van der Waals surface area contributed by atoms with Crippen molar-refractivity contribution in [3.63, 3.8) is 0 Å². The van der Waals surface area contributed by atoms with Crippen molar-refractivity contribution in [2.24, 2.45) is 0 Å². The van der Waals surface area contributed by atoms with Crippen molar-refractivity contribution >= 4 is 11.9 Å². The molecule has 0 saturated heterocycles. The minimum absolute atomic E-state index is 0. The van der Waals surface area contributed by atoms with E-state index in [1.165, 1.54) is 0 Å². The molecule has 0 aromatic carbocycles. The number of carbonyl (C=O) groups is 2. The molecule has 1 atom stereocenters. The Morgan fingerprint density at radius 2 is 1.78 bits per heavy atom. The maximum Gasteiger partial charge on any atom is 0.377 e. The van der Waals surface area contributed by atoms with Gasteiger partial charge in [-0.05, 0) is 26.3 Å². The van der Waals surface area contributed by atoms with Gasteiger partial charge in [0.05, 0.1) is 26.0 Å². The molecule has 0 radical (unpaired) electrons. The molecule has 1 aliphatic heterocycles. The van der Waals surface area contributed by atoms with Crippen molar-refractivity contribution in [3.8, 4) is 0 Å². The lowest BCUT2D eigenvalue weighted by atomic mass is 10.1. The zero-order valence-corrected chi connectivity index (χ0v) is 12.4. The van der Waals surface area contributed by atoms with E-state index in [0.717, 1.165) is 24.3 Å². The third kappa shape index (κ3) is 4.78. The fourth-order valence-corrected chi connectivity index (χ4v) is 1.83. The average Bonchev–Trinajstić information content (AvgIpc) is 2.31. The van der Waals surface area contributed by atoms with E-state index in [9.17, 15) is 9.59 Å². The van der Waals surface area contributed by atoms with Crippen LogP contribution in [0, 0.1) is 0 Å². The van der Waals surface area contributed by atoms with Crippen LogP contribution in [0.4, 0.5) is 0 Å². The van der Waals surface area contributed by atoms with Crippen molar-refractivity contribution < 1.29 is 40.9 Å². The van der Waals surface area contributed by atoms with Gasteiger partial charge in [-0.25, -0.2) is 9.59 Å². The predicted molar refractivity (Wildman–Crippen MR) is 61.3 cm³/mol. The Morgan fingerprint density at radius 3 is 2.17 bits per heavy atom. The fraction of sp³-hybridized carbons (Fsp3) is 0.667. The summed E-state index contributed by atoms with van der Waals surface area (Å²) in [7, 11) is 0. The van der Waals surface area contributed by atoms with E-state index in [1.54, 1.807) is 13.8 Å². The van der Waals surface area contributed by atoms with E-state index in [-0.39, 0.29) is 30.2 Å². The van der Waals surface area contributed by atoms with Gasteiger partial charge in [-0.3, -0.25) is 4.90 Å². The molecule has 5 nitrogen and oxygen atoms in total. The number of halogens is 1. The fourth-order valence-electron chi connectivity index (χ4n) is 1.83. The van der Waals surface area contributed by atoms with Crippen LogP contribution in [0.1, 0.15) is 26.7 Å². The van der Waals surface area contributed by atoms with Crippen LogP contribution in [0.5, 0.6) is 0 Å². The van der Waals surface area contributed by atoms with Crippen LogP contribution in [0.15, 0.2) is 12.3 Å². The molecular weight excluding hydrogens is 302 g/mol. The van der Waals surface area contributed by atoms with E-state index in [4.69, 9.17) is 9.47 Å². The Morgan fingerprint density at radius 1 is 1.22 bits per heavy atom. The first-order chi connectivity index (χ1) is 8.20. The van der Waals surface area contributed by atoms with E-state index in [0.29, 0.717) is 0 Å². The lowest BCUT2D eigenvalue weighted by Crippen LogP contribution is -3.14. The summed E-state index contributed by atoms with van der Waals surface area (Å²) in [5.41, 5.74) is 0. The summed E-state index contributed by atoms with van der Waals surface area (Å²) in [6.45, 7) is 4.74. The number of ether oxygens (including phenoxy) is 2. The van der Waals surface area contributed by atoms with E-state index in [1.807, 2.05) is 12.3 Å². The highest BCUT2D eigenvalue weighted by molar-refractivity contribution is 5.97. The van der Waals surface area contributed by atoms with Crippen LogP contribution in [-0.4, -0.2) is 37.7 Å². The lowest BCUT2D eigenvalue weighted by molar-refractivity contribution is -0.858. The van der Waals surface area contributed by atoms with Gasteiger partial charge in [0.15, 0.2) is 0 Å². The summed E-state index contributed by atoms with van der Waals surface area (Å²) in [6.07, 6.45) is 5.77. The molecule has 1 N–H and O–H groups in total. The minimum atomic E-state index is -0.883.